The van der Waals surface area contributed by atoms with Crippen LogP contribution in [0.2, 0.25) is 0 Å². The summed E-state index contributed by atoms with van der Waals surface area (Å²) in [7, 11) is 0. The second kappa shape index (κ2) is 4.42. The summed E-state index contributed by atoms with van der Waals surface area (Å²) in [5, 5.41) is 3.29. The number of allylic oxidation sites excluding steroid dienone is 1. The van der Waals surface area contributed by atoms with Crippen molar-refractivity contribution < 1.29 is 0 Å². The topological polar surface area (TPSA) is 12.0 Å². The molecule has 1 N–H and O–H groups in total. The van der Waals surface area contributed by atoms with Gasteiger partial charge in [-0.25, -0.2) is 0 Å². The summed E-state index contributed by atoms with van der Waals surface area (Å²) in [6, 6.07) is 0. The van der Waals surface area contributed by atoms with Crippen LogP contribution in [0.4, 0.5) is 0 Å². The van der Waals surface area contributed by atoms with E-state index in [0.29, 0.717) is 0 Å². The van der Waals surface area contributed by atoms with Crippen LogP contribution in [0.15, 0.2) is 11.8 Å². The first-order valence-electron chi connectivity index (χ1n) is 4.77. The highest BCUT2D eigenvalue weighted by atomic mass is 14.8. The van der Waals surface area contributed by atoms with Gasteiger partial charge in [-0.05, 0) is 38.3 Å². The monoisotopic (exact) mass is 153 g/mol. The molecule has 0 heterocycles. The van der Waals surface area contributed by atoms with Gasteiger partial charge in [-0.3, -0.25) is 0 Å². The summed E-state index contributed by atoms with van der Waals surface area (Å²) >= 11 is 0. The number of hydrogen-bond acceptors (Lipinski definition) is 1. The molecule has 1 aliphatic carbocycles. The molecule has 1 atom stereocenters. The van der Waals surface area contributed by atoms with Gasteiger partial charge < -0.3 is 5.32 Å². The lowest BCUT2D eigenvalue weighted by Gasteiger charge is -2.21. The highest BCUT2D eigenvalue weighted by molar-refractivity contribution is 5.06. The summed E-state index contributed by atoms with van der Waals surface area (Å²) in [5.74, 6) is 0.822. The molecular formula is C10H19N. The largest absolute Gasteiger partial charge is 0.391 e. The molecule has 64 valence electrons. The predicted molar refractivity (Wildman–Crippen MR) is 49.4 cm³/mol. The Hall–Kier alpha value is -0.460. The molecule has 0 bridgehead atoms. The van der Waals surface area contributed by atoms with Crippen molar-refractivity contribution in [1.82, 2.24) is 5.32 Å². The van der Waals surface area contributed by atoms with Gasteiger partial charge in [0.1, 0.15) is 0 Å². The molecule has 0 aromatic heterocycles. The summed E-state index contributed by atoms with van der Waals surface area (Å²) in [6.07, 6.45) is 7.74. The fourth-order valence-electron chi connectivity index (χ4n) is 1.66. The molecule has 1 saturated carbocycles. The van der Waals surface area contributed by atoms with E-state index in [1.807, 2.05) is 0 Å². The van der Waals surface area contributed by atoms with E-state index < -0.39 is 0 Å². The smallest absolute Gasteiger partial charge is 0.0113 e. The minimum absolute atomic E-state index is 0.822. The van der Waals surface area contributed by atoms with E-state index in [0.717, 1.165) is 12.5 Å². The van der Waals surface area contributed by atoms with E-state index in [1.165, 1.54) is 25.7 Å². The van der Waals surface area contributed by atoms with Crippen LogP contribution in [0.1, 0.15) is 39.5 Å². The summed E-state index contributed by atoms with van der Waals surface area (Å²) in [5.41, 5.74) is 1.62. The van der Waals surface area contributed by atoms with Crippen molar-refractivity contribution in [1.29, 1.82) is 0 Å². The Balaban J connectivity index is 2.40. The minimum atomic E-state index is 0.822. The molecule has 1 nitrogen and oxygen atoms in total. The second-order valence-electron chi connectivity index (χ2n) is 3.42. The zero-order valence-corrected chi connectivity index (χ0v) is 7.69. The fraction of sp³-hybridized carbons (Fsp3) is 0.800. The molecule has 1 aliphatic rings. The Labute approximate surface area is 69.9 Å². The van der Waals surface area contributed by atoms with Crippen LogP contribution in [-0.2, 0) is 0 Å². The lowest BCUT2D eigenvalue weighted by molar-refractivity contribution is 0.480. The van der Waals surface area contributed by atoms with Gasteiger partial charge in [-0.1, -0.05) is 18.9 Å². The van der Waals surface area contributed by atoms with E-state index >= 15 is 0 Å². The van der Waals surface area contributed by atoms with E-state index in [-0.39, 0.29) is 0 Å². The third-order valence-corrected chi connectivity index (χ3v) is 2.48. The molecule has 0 spiro atoms. The molecular weight excluding hydrogens is 134 g/mol. The van der Waals surface area contributed by atoms with Gasteiger partial charge in [0.15, 0.2) is 0 Å². The Morgan fingerprint density at radius 2 is 2.36 bits per heavy atom. The van der Waals surface area contributed by atoms with Gasteiger partial charge in [0.05, 0.1) is 0 Å². The molecule has 0 aromatic carbocycles. The van der Waals surface area contributed by atoms with Crippen LogP contribution in [0.3, 0.4) is 0 Å². The highest BCUT2D eigenvalue weighted by Crippen LogP contribution is 2.27. The quantitative estimate of drug-likeness (QED) is 0.643. The Morgan fingerprint density at radius 1 is 1.55 bits per heavy atom. The van der Waals surface area contributed by atoms with Crippen molar-refractivity contribution in [3.63, 3.8) is 0 Å². The maximum atomic E-state index is 3.29. The maximum absolute atomic E-state index is 3.29. The van der Waals surface area contributed by atoms with E-state index in [2.05, 4.69) is 25.4 Å². The van der Waals surface area contributed by atoms with Crippen molar-refractivity contribution in [3.05, 3.63) is 11.8 Å². The molecule has 1 heteroatoms. The van der Waals surface area contributed by atoms with Crippen LogP contribution in [-0.4, -0.2) is 6.54 Å². The van der Waals surface area contributed by atoms with Crippen molar-refractivity contribution in [3.8, 4) is 0 Å². The molecule has 0 amide bonds. The van der Waals surface area contributed by atoms with Gasteiger partial charge in [0, 0.05) is 6.54 Å². The van der Waals surface area contributed by atoms with Crippen molar-refractivity contribution >= 4 is 0 Å². The molecule has 0 radical (unpaired) electrons. The number of rotatable bonds is 2. The number of hydrogen-bond donors (Lipinski definition) is 1. The fourth-order valence-corrected chi connectivity index (χ4v) is 1.66. The van der Waals surface area contributed by atoms with Gasteiger partial charge in [-0.15, -0.1) is 0 Å². The summed E-state index contributed by atoms with van der Waals surface area (Å²) in [6.45, 7) is 5.53. The standard InChI is InChI=1S/C10H19N/c1-3-11-8-10-7-5-4-6-9(10)2/h8-9,11H,3-7H2,1-2H3/b10-8+. The first-order valence-corrected chi connectivity index (χ1v) is 4.77. The Morgan fingerprint density at radius 3 is 3.00 bits per heavy atom. The zero-order chi connectivity index (χ0) is 8.10. The second-order valence-corrected chi connectivity index (χ2v) is 3.42. The first kappa shape index (κ1) is 8.63. The summed E-state index contributed by atoms with van der Waals surface area (Å²) in [4.78, 5) is 0. The highest BCUT2D eigenvalue weighted by Gasteiger charge is 2.12. The van der Waals surface area contributed by atoms with Gasteiger partial charge in [-0.2, -0.15) is 0 Å². The van der Waals surface area contributed by atoms with E-state index in [4.69, 9.17) is 0 Å². The first-order chi connectivity index (χ1) is 5.34. The van der Waals surface area contributed by atoms with Crippen molar-refractivity contribution in [2.75, 3.05) is 6.54 Å². The lowest BCUT2D eigenvalue weighted by Crippen LogP contribution is -2.11. The third kappa shape index (κ3) is 2.57. The maximum Gasteiger partial charge on any atom is 0.0113 e. The average molecular weight is 153 g/mol. The average Bonchev–Trinajstić information content (AvgIpc) is 2.03. The Kier molecular flexibility index (Phi) is 3.47. The van der Waals surface area contributed by atoms with Crippen molar-refractivity contribution in [2.24, 2.45) is 5.92 Å². The molecule has 1 rings (SSSR count). The minimum Gasteiger partial charge on any atom is -0.391 e. The lowest BCUT2D eigenvalue weighted by atomic mass is 9.86. The zero-order valence-electron chi connectivity index (χ0n) is 7.69. The SMILES string of the molecule is CCN/C=C1\CCCCC1C. The molecule has 0 saturated heterocycles. The van der Waals surface area contributed by atoms with E-state index in [9.17, 15) is 0 Å². The molecule has 0 aliphatic heterocycles. The molecule has 1 fully saturated rings. The van der Waals surface area contributed by atoms with Gasteiger partial charge >= 0.3 is 0 Å². The molecule has 1 unspecified atom stereocenters. The van der Waals surface area contributed by atoms with E-state index in [1.54, 1.807) is 5.57 Å². The predicted octanol–water partition coefficient (Wildman–Crippen LogP) is 2.69. The summed E-state index contributed by atoms with van der Waals surface area (Å²) < 4.78 is 0. The van der Waals surface area contributed by atoms with Gasteiger partial charge in [0.25, 0.3) is 0 Å². The molecule has 11 heavy (non-hydrogen) atoms. The van der Waals surface area contributed by atoms with Crippen LogP contribution in [0.25, 0.3) is 0 Å². The Bertz CT molecular complexity index is 138. The van der Waals surface area contributed by atoms with Crippen LogP contribution >= 0.6 is 0 Å². The van der Waals surface area contributed by atoms with Crippen LogP contribution in [0.5, 0.6) is 0 Å². The van der Waals surface area contributed by atoms with Crippen molar-refractivity contribution in [2.45, 2.75) is 39.5 Å². The molecule has 0 aromatic rings. The number of nitrogens with one attached hydrogen (secondary N) is 1. The third-order valence-electron chi connectivity index (χ3n) is 2.48. The van der Waals surface area contributed by atoms with Gasteiger partial charge in [0.2, 0.25) is 0 Å². The van der Waals surface area contributed by atoms with Crippen LogP contribution in [0, 0.1) is 5.92 Å². The van der Waals surface area contributed by atoms with Crippen LogP contribution < -0.4 is 5.32 Å². The normalized spacial score (nSPS) is 28.9.